The highest BCUT2D eigenvalue weighted by atomic mass is 35.5. The summed E-state index contributed by atoms with van der Waals surface area (Å²) in [5, 5.41) is 15.8. The van der Waals surface area contributed by atoms with Gasteiger partial charge >= 0.3 is 12.0 Å². The maximum Gasteiger partial charge on any atom is 0.338 e. The Bertz CT molecular complexity index is 1440. The molecule has 11 heteroatoms. The number of hydrogen-bond donors (Lipinski definition) is 2. The normalized spacial score (nSPS) is 10.7. The minimum atomic E-state index is -0.445. The van der Waals surface area contributed by atoms with E-state index in [0.29, 0.717) is 50.3 Å². The fourth-order valence-corrected chi connectivity index (χ4v) is 5.10. The minimum Gasteiger partial charge on any atom is -0.462 e. The van der Waals surface area contributed by atoms with Gasteiger partial charge in [-0.2, -0.15) is 0 Å². The largest absolute Gasteiger partial charge is 0.462 e. The number of thioether (sulfide) groups is 1. The van der Waals surface area contributed by atoms with Crippen molar-refractivity contribution in [3.63, 3.8) is 0 Å². The molecular formula is C27H25Cl2N5O3S. The predicted octanol–water partition coefficient (Wildman–Crippen LogP) is 6.67. The number of amides is 2. The van der Waals surface area contributed by atoms with Crippen LogP contribution in [0.1, 0.15) is 34.2 Å². The Kier molecular flexibility index (Phi) is 9.28. The number of urea groups is 1. The molecule has 1 aromatic heterocycles. The summed E-state index contributed by atoms with van der Waals surface area (Å²) in [6.07, 6.45) is 0. The fourth-order valence-electron chi connectivity index (χ4n) is 3.57. The van der Waals surface area contributed by atoms with Crippen LogP contribution < -0.4 is 10.6 Å². The third kappa shape index (κ3) is 6.86. The number of hydrogen-bond acceptors (Lipinski definition) is 6. The van der Waals surface area contributed by atoms with Gasteiger partial charge in [-0.1, -0.05) is 59.2 Å². The van der Waals surface area contributed by atoms with Gasteiger partial charge in [-0.05, 0) is 67.4 Å². The molecule has 0 saturated heterocycles. The Labute approximate surface area is 234 Å². The van der Waals surface area contributed by atoms with Crippen LogP contribution in [0.4, 0.5) is 10.5 Å². The number of carbonyl (C=O) groups excluding carboxylic acids is 2. The summed E-state index contributed by atoms with van der Waals surface area (Å²) < 4.78 is 6.79. The Morgan fingerprint density at radius 1 is 1.03 bits per heavy atom. The maximum atomic E-state index is 12.6. The minimum absolute atomic E-state index is 0.0869. The van der Waals surface area contributed by atoms with E-state index in [0.717, 1.165) is 0 Å². The van der Waals surface area contributed by atoms with Gasteiger partial charge in [0.25, 0.3) is 0 Å². The monoisotopic (exact) mass is 569 g/mol. The molecule has 1 heterocycles. The zero-order valence-corrected chi connectivity index (χ0v) is 23.0. The van der Waals surface area contributed by atoms with Crippen molar-refractivity contribution in [2.45, 2.75) is 31.3 Å². The Hall–Kier alpha value is -3.53. The molecule has 0 fully saturated rings. The summed E-state index contributed by atoms with van der Waals surface area (Å²) >= 11 is 14.2. The van der Waals surface area contributed by atoms with Gasteiger partial charge in [-0.15, -0.1) is 10.2 Å². The van der Waals surface area contributed by atoms with Crippen LogP contribution in [0.2, 0.25) is 10.0 Å². The van der Waals surface area contributed by atoms with Gasteiger partial charge in [-0.3, -0.25) is 4.57 Å². The van der Waals surface area contributed by atoms with Gasteiger partial charge in [-0.25, -0.2) is 9.59 Å². The van der Waals surface area contributed by atoms with Gasteiger partial charge in [0, 0.05) is 16.5 Å². The molecule has 0 atom stereocenters. The smallest absolute Gasteiger partial charge is 0.338 e. The first kappa shape index (κ1) is 27.5. The second kappa shape index (κ2) is 12.8. The van der Waals surface area contributed by atoms with Gasteiger partial charge in [0.05, 0.1) is 29.4 Å². The molecule has 0 aliphatic heterocycles. The number of carbonyl (C=O) groups is 2. The van der Waals surface area contributed by atoms with E-state index >= 15 is 0 Å². The first-order valence-corrected chi connectivity index (χ1v) is 13.5. The zero-order chi connectivity index (χ0) is 27.1. The number of benzene rings is 3. The fraction of sp³-hybridized carbons (Fsp3) is 0.185. The number of nitrogens with zero attached hydrogens (tertiary/aromatic N) is 3. The van der Waals surface area contributed by atoms with Crippen molar-refractivity contribution in [3.8, 4) is 5.69 Å². The van der Waals surface area contributed by atoms with Crippen molar-refractivity contribution in [2.24, 2.45) is 0 Å². The number of esters is 1. The third-order valence-corrected chi connectivity index (χ3v) is 7.05. The molecule has 0 unspecified atom stereocenters. The summed E-state index contributed by atoms with van der Waals surface area (Å²) in [7, 11) is 0. The molecule has 0 spiro atoms. The highest BCUT2D eigenvalue weighted by Gasteiger charge is 2.18. The summed E-state index contributed by atoms with van der Waals surface area (Å²) in [4.78, 5) is 24.4. The van der Waals surface area contributed by atoms with Gasteiger partial charge in [0.15, 0.2) is 11.0 Å². The molecule has 38 heavy (non-hydrogen) atoms. The van der Waals surface area contributed by atoms with E-state index in [1.165, 1.54) is 22.9 Å². The third-order valence-electron chi connectivity index (χ3n) is 5.53. The summed E-state index contributed by atoms with van der Waals surface area (Å²) in [5.74, 6) is 0.764. The molecule has 196 valence electrons. The number of nitrogens with one attached hydrogen (secondary N) is 2. The molecule has 4 rings (SSSR count). The predicted molar refractivity (Wildman–Crippen MR) is 150 cm³/mol. The molecule has 3 aromatic carbocycles. The van der Waals surface area contributed by atoms with Crippen LogP contribution >= 0.6 is 35.0 Å². The van der Waals surface area contributed by atoms with Crippen molar-refractivity contribution in [3.05, 3.63) is 99.3 Å². The average Bonchev–Trinajstić information content (AvgIpc) is 3.30. The molecule has 4 aromatic rings. The van der Waals surface area contributed by atoms with Crippen molar-refractivity contribution in [1.29, 1.82) is 0 Å². The van der Waals surface area contributed by atoms with Crippen LogP contribution in [-0.4, -0.2) is 33.4 Å². The molecule has 0 aliphatic rings. The zero-order valence-electron chi connectivity index (χ0n) is 20.7. The Morgan fingerprint density at radius 2 is 1.79 bits per heavy atom. The first-order valence-electron chi connectivity index (χ1n) is 11.7. The van der Waals surface area contributed by atoms with Crippen LogP contribution in [0.3, 0.4) is 0 Å². The van der Waals surface area contributed by atoms with E-state index in [1.807, 2.05) is 16.7 Å². The van der Waals surface area contributed by atoms with Crippen LogP contribution in [0.15, 0.2) is 71.9 Å². The van der Waals surface area contributed by atoms with Crippen molar-refractivity contribution in [1.82, 2.24) is 20.1 Å². The van der Waals surface area contributed by atoms with Crippen molar-refractivity contribution >= 4 is 52.7 Å². The lowest BCUT2D eigenvalue weighted by atomic mass is 10.1. The number of aromatic nitrogens is 3. The molecule has 0 saturated carbocycles. The van der Waals surface area contributed by atoms with E-state index in [1.54, 1.807) is 49.4 Å². The number of rotatable bonds is 9. The quantitative estimate of drug-likeness (QED) is 0.172. The Balaban J connectivity index is 1.49. The van der Waals surface area contributed by atoms with E-state index < -0.39 is 12.0 Å². The van der Waals surface area contributed by atoms with Crippen LogP contribution in [0, 0.1) is 6.92 Å². The van der Waals surface area contributed by atoms with Crippen LogP contribution in [-0.2, 0) is 17.0 Å². The lowest BCUT2D eigenvalue weighted by Crippen LogP contribution is -2.29. The SMILES string of the molecule is CCOC(=O)c1ccc(NC(=O)NCc2nnc(SCc3ccccc3C)n2-c2ccc(Cl)cc2Cl)cc1. The standard InChI is InChI=1S/C27H25Cl2N5O3S/c1-3-37-25(35)18-8-11-21(12-9-18)31-26(36)30-15-24-32-33-27(38-16-19-7-5-4-6-17(19)2)34(24)23-13-10-20(28)14-22(23)29/h4-14H,3,15-16H2,1-2H3,(H2,30,31,36). The lowest BCUT2D eigenvalue weighted by Gasteiger charge is -2.13. The van der Waals surface area contributed by atoms with Gasteiger partial charge in [0.2, 0.25) is 0 Å². The molecule has 2 amide bonds. The van der Waals surface area contributed by atoms with Gasteiger partial charge in [0.1, 0.15) is 0 Å². The van der Waals surface area contributed by atoms with Crippen molar-refractivity contribution in [2.75, 3.05) is 11.9 Å². The Morgan fingerprint density at radius 3 is 2.50 bits per heavy atom. The topological polar surface area (TPSA) is 98.1 Å². The highest BCUT2D eigenvalue weighted by Crippen LogP contribution is 2.31. The molecule has 2 N–H and O–H groups in total. The molecule has 0 aliphatic carbocycles. The number of aryl methyl sites for hydroxylation is 1. The lowest BCUT2D eigenvalue weighted by molar-refractivity contribution is 0.0526. The number of halogens is 2. The second-order valence-electron chi connectivity index (χ2n) is 8.15. The molecular weight excluding hydrogens is 545 g/mol. The molecule has 0 radical (unpaired) electrons. The second-order valence-corrected chi connectivity index (χ2v) is 9.94. The molecule has 8 nitrogen and oxygen atoms in total. The van der Waals surface area contributed by atoms with Crippen molar-refractivity contribution < 1.29 is 14.3 Å². The number of ether oxygens (including phenoxy) is 1. The molecule has 0 bridgehead atoms. The van der Waals surface area contributed by atoms with E-state index in [-0.39, 0.29) is 6.54 Å². The van der Waals surface area contributed by atoms with E-state index in [4.69, 9.17) is 27.9 Å². The first-order chi connectivity index (χ1) is 18.4. The summed E-state index contributed by atoms with van der Waals surface area (Å²) in [6.45, 7) is 4.18. The summed E-state index contributed by atoms with van der Waals surface area (Å²) in [6, 6.07) is 19.3. The summed E-state index contributed by atoms with van der Waals surface area (Å²) in [5.41, 5.74) is 3.94. The average molecular weight is 571 g/mol. The van der Waals surface area contributed by atoms with Crippen LogP contribution in [0.25, 0.3) is 5.69 Å². The van der Waals surface area contributed by atoms with E-state index in [9.17, 15) is 9.59 Å². The van der Waals surface area contributed by atoms with E-state index in [2.05, 4.69) is 39.9 Å². The van der Waals surface area contributed by atoms with Gasteiger partial charge < -0.3 is 15.4 Å². The highest BCUT2D eigenvalue weighted by molar-refractivity contribution is 7.98. The number of anilines is 1. The van der Waals surface area contributed by atoms with Crippen LogP contribution in [0.5, 0.6) is 0 Å². The maximum absolute atomic E-state index is 12.6.